The number of nitrogens with two attached hydrogens (primary N) is 1. The van der Waals surface area contributed by atoms with Crippen molar-refractivity contribution < 1.29 is 13.2 Å². The first kappa shape index (κ1) is 18.2. The van der Waals surface area contributed by atoms with E-state index in [9.17, 15) is 13.2 Å². The monoisotopic (exact) mass is 366 g/mol. The molecule has 0 spiro atoms. The summed E-state index contributed by atoms with van der Waals surface area (Å²) in [7, 11) is 1.51. The topological polar surface area (TPSA) is 79.1 Å². The molecule has 6 nitrogen and oxygen atoms in total. The van der Waals surface area contributed by atoms with Crippen molar-refractivity contribution in [1.82, 2.24) is 15.3 Å². The first-order valence-electron chi connectivity index (χ1n) is 8.36. The van der Waals surface area contributed by atoms with Crippen LogP contribution in [0.15, 0.2) is 30.5 Å². The molecule has 140 valence electrons. The number of aromatic nitrogens is 2. The van der Waals surface area contributed by atoms with Crippen LogP contribution in [0.25, 0.3) is 0 Å². The Kier molecular flexibility index (Phi) is 5.17. The Morgan fingerprint density at radius 1 is 1.31 bits per heavy atom. The fraction of sp³-hybridized carbons (Fsp3) is 0.412. The Morgan fingerprint density at radius 3 is 2.73 bits per heavy atom. The molecule has 4 N–H and O–H groups in total. The van der Waals surface area contributed by atoms with Gasteiger partial charge in [-0.05, 0) is 31.5 Å². The lowest BCUT2D eigenvalue weighted by atomic mass is 10.1. The Bertz CT molecular complexity index is 758. The van der Waals surface area contributed by atoms with Gasteiger partial charge in [-0.15, -0.1) is 0 Å². The van der Waals surface area contributed by atoms with E-state index in [2.05, 4.69) is 20.6 Å². The average molecular weight is 366 g/mol. The van der Waals surface area contributed by atoms with Crippen LogP contribution in [0.2, 0.25) is 0 Å². The first-order chi connectivity index (χ1) is 12.4. The van der Waals surface area contributed by atoms with Gasteiger partial charge in [0.15, 0.2) is 5.82 Å². The van der Waals surface area contributed by atoms with Crippen LogP contribution < -0.4 is 21.3 Å². The van der Waals surface area contributed by atoms with Crippen LogP contribution in [0.3, 0.4) is 0 Å². The summed E-state index contributed by atoms with van der Waals surface area (Å²) in [5, 5.41) is 6.35. The molecule has 1 aromatic carbocycles. The van der Waals surface area contributed by atoms with Crippen molar-refractivity contribution in [1.29, 1.82) is 0 Å². The normalized spacial score (nSPS) is 17.8. The minimum Gasteiger partial charge on any atom is -0.397 e. The van der Waals surface area contributed by atoms with Crippen LogP contribution in [0.4, 0.5) is 36.3 Å². The number of nitrogens with one attached hydrogen (secondary N) is 2. The van der Waals surface area contributed by atoms with Gasteiger partial charge in [0, 0.05) is 25.8 Å². The highest BCUT2D eigenvalue weighted by Gasteiger charge is 2.37. The Labute approximate surface area is 149 Å². The number of nitrogens with zero attached hydrogens (tertiary/aromatic N) is 3. The summed E-state index contributed by atoms with van der Waals surface area (Å²) in [6.45, 7) is 1.66. The molecule has 1 aromatic heterocycles. The minimum absolute atomic E-state index is 0.0837. The van der Waals surface area contributed by atoms with E-state index >= 15 is 0 Å². The molecule has 1 fully saturated rings. The summed E-state index contributed by atoms with van der Waals surface area (Å²) in [5.41, 5.74) is 5.82. The molecule has 2 heterocycles. The largest absolute Gasteiger partial charge is 0.421 e. The van der Waals surface area contributed by atoms with Crippen molar-refractivity contribution in [2.24, 2.45) is 0 Å². The maximum Gasteiger partial charge on any atom is 0.421 e. The number of hydrogen-bond acceptors (Lipinski definition) is 6. The van der Waals surface area contributed by atoms with E-state index in [0.717, 1.165) is 32.1 Å². The molecule has 26 heavy (non-hydrogen) atoms. The highest BCUT2D eigenvalue weighted by atomic mass is 19.4. The predicted octanol–water partition coefficient (Wildman–Crippen LogP) is 3.01. The summed E-state index contributed by atoms with van der Waals surface area (Å²) in [6, 6.07) is 6.80. The van der Waals surface area contributed by atoms with Gasteiger partial charge >= 0.3 is 6.18 Å². The maximum absolute atomic E-state index is 13.4. The van der Waals surface area contributed by atoms with E-state index in [1.165, 1.54) is 11.9 Å². The molecule has 1 aliphatic rings. The van der Waals surface area contributed by atoms with Crippen molar-refractivity contribution in [3.8, 4) is 0 Å². The number of alkyl halides is 3. The fourth-order valence-electron chi connectivity index (χ4n) is 2.96. The van der Waals surface area contributed by atoms with Gasteiger partial charge in [-0.1, -0.05) is 12.1 Å². The summed E-state index contributed by atoms with van der Waals surface area (Å²) in [5.74, 6) is -0.0697. The summed E-state index contributed by atoms with van der Waals surface area (Å²) in [4.78, 5) is 9.36. The van der Waals surface area contributed by atoms with Crippen molar-refractivity contribution >= 4 is 23.1 Å². The maximum atomic E-state index is 13.4. The first-order valence-corrected chi connectivity index (χ1v) is 8.36. The minimum atomic E-state index is -4.57. The van der Waals surface area contributed by atoms with E-state index < -0.39 is 11.7 Å². The third-order valence-corrected chi connectivity index (χ3v) is 4.32. The van der Waals surface area contributed by atoms with Crippen LogP contribution in [0.1, 0.15) is 18.4 Å². The number of halogens is 3. The lowest BCUT2D eigenvalue weighted by Gasteiger charge is -2.26. The van der Waals surface area contributed by atoms with Gasteiger partial charge in [-0.2, -0.15) is 18.2 Å². The lowest BCUT2D eigenvalue weighted by molar-refractivity contribution is -0.137. The number of anilines is 4. The van der Waals surface area contributed by atoms with Crippen molar-refractivity contribution in [2.75, 3.05) is 36.1 Å². The van der Waals surface area contributed by atoms with Gasteiger partial charge in [-0.25, -0.2) is 4.98 Å². The van der Waals surface area contributed by atoms with Crippen molar-refractivity contribution in [3.05, 3.63) is 36.0 Å². The zero-order valence-electron chi connectivity index (χ0n) is 14.3. The molecule has 1 atom stereocenters. The third kappa shape index (κ3) is 3.98. The summed E-state index contributed by atoms with van der Waals surface area (Å²) in [6.07, 6.45) is -1.85. The molecular formula is C17H21F3N6. The Balaban J connectivity index is 1.96. The van der Waals surface area contributed by atoms with Crippen molar-refractivity contribution in [3.63, 3.8) is 0 Å². The SMILES string of the molecule is CN(c1ccccc1N)c1nc(NC2CCCNC2)ncc1C(F)(F)F. The van der Waals surface area contributed by atoms with Gasteiger partial charge in [0.25, 0.3) is 0 Å². The predicted molar refractivity (Wildman–Crippen MR) is 95.5 cm³/mol. The highest BCUT2D eigenvalue weighted by Crippen LogP contribution is 2.38. The van der Waals surface area contributed by atoms with E-state index in [1.54, 1.807) is 24.3 Å². The molecule has 9 heteroatoms. The van der Waals surface area contributed by atoms with E-state index in [1.807, 2.05) is 0 Å². The van der Waals surface area contributed by atoms with Crippen LogP contribution in [0.5, 0.6) is 0 Å². The second kappa shape index (κ2) is 7.36. The number of nitrogen functional groups attached to an aromatic ring is 1. The Hall–Kier alpha value is -2.55. The smallest absolute Gasteiger partial charge is 0.397 e. The molecular weight excluding hydrogens is 345 g/mol. The fourth-order valence-corrected chi connectivity index (χ4v) is 2.96. The molecule has 3 rings (SSSR count). The number of piperidine rings is 1. The molecule has 0 amide bonds. The standard InChI is InChI=1S/C17H21F3N6/c1-26(14-7-3-2-6-13(14)21)15-12(17(18,19)20)10-23-16(25-15)24-11-5-4-8-22-9-11/h2-3,6-7,10-11,22H,4-5,8-9,21H2,1H3,(H,23,24,25). The van der Waals surface area contributed by atoms with Gasteiger partial charge in [0.2, 0.25) is 5.95 Å². The van der Waals surface area contributed by atoms with E-state index in [-0.39, 0.29) is 17.8 Å². The quantitative estimate of drug-likeness (QED) is 0.722. The molecule has 1 saturated heterocycles. The number of para-hydroxylation sites is 2. The molecule has 0 bridgehead atoms. The van der Waals surface area contributed by atoms with Crippen LogP contribution in [-0.2, 0) is 6.18 Å². The zero-order valence-corrected chi connectivity index (χ0v) is 14.3. The second-order valence-corrected chi connectivity index (χ2v) is 6.23. The second-order valence-electron chi connectivity index (χ2n) is 6.23. The number of hydrogen-bond donors (Lipinski definition) is 3. The zero-order chi connectivity index (χ0) is 18.7. The van der Waals surface area contributed by atoms with Crippen LogP contribution >= 0.6 is 0 Å². The van der Waals surface area contributed by atoms with Gasteiger partial charge in [-0.3, -0.25) is 0 Å². The molecule has 0 radical (unpaired) electrons. The van der Waals surface area contributed by atoms with Gasteiger partial charge in [0.05, 0.1) is 11.4 Å². The Morgan fingerprint density at radius 2 is 2.08 bits per heavy atom. The van der Waals surface area contributed by atoms with Gasteiger partial charge < -0.3 is 21.3 Å². The molecule has 1 aliphatic heterocycles. The van der Waals surface area contributed by atoms with Crippen LogP contribution in [-0.4, -0.2) is 36.1 Å². The average Bonchev–Trinajstić information content (AvgIpc) is 2.61. The lowest BCUT2D eigenvalue weighted by Crippen LogP contribution is -2.39. The van der Waals surface area contributed by atoms with Gasteiger partial charge in [0.1, 0.15) is 5.56 Å². The molecule has 2 aromatic rings. The molecule has 0 aliphatic carbocycles. The highest BCUT2D eigenvalue weighted by molar-refractivity contribution is 5.74. The summed E-state index contributed by atoms with van der Waals surface area (Å²) < 4.78 is 40.3. The third-order valence-electron chi connectivity index (χ3n) is 4.32. The number of benzene rings is 1. The summed E-state index contributed by atoms with van der Waals surface area (Å²) >= 11 is 0. The number of rotatable bonds is 4. The van der Waals surface area contributed by atoms with Crippen LogP contribution in [0, 0.1) is 0 Å². The van der Waals surface area contributed by atoms with Crippen molar-refractivity contribution in [2.45, 2.75) is 25.1 Å². The van der Waals surface area contributed by atoms with E-state index in [4.69, 9.17) is 5.73 Å². The van der Waals surface area contributed by atoms with E-state index in [0.29, 0.717) is 11.4 Å². The molecule has 0 saturated carbocycles. The molecule has 1 unspecified atom stereocenters.